The largest absolute Gasteiger partial charge is 0.481 e. The Bertz CT molecular complexity index is 1870. The van der Waals surface area contributed by atoms with Crippen LogP contribution in [0.1, 0.15) is 59.3 Å². The number of benzene rings is 1. The van der Waals surface area contributed by atoms with Gasteiger partial charge in [0.15, 0.2) is 5.65 Å². The third-order valence-electron chi connectivity index (χ3n) is 8.36. The van der Waals surface area contributed by atoms with Crippen molar-refractivity contribution in [1.29, 1.82) is 0 Å². The topological polar surface area (TPSA) is 127 Å². The maximum atomic E-state index is 13.8. The Morgan fingerprint density at radius 3 is 2.55 bits per heavy atom. The number of fused-ring (bicyclic) bond motifs is 2. The average Bonchev–Trinajstić information content (AvgIpc) is 3.55. The molecular weight excluding hydrogens is 619 g/mol. The molecule has 1 spiro atoms. The lowest BCUT2D eigenvalue weighted by atomic mass is 9.79. The molecule has 0 saturated heterocycles. The molecule has 1 N–H and O–H groups in total. The number of halogens is 3. The lowest BCUT2D eigenvalue weighted by Gasteiger charge is -2.27. The van der Waals surface area contributed by atoms with E-state index in [0.29, 0.717) is 35.1 Å². The number of hydrogen-bond acceptors (Lipinski definition) is 7. The summed E-state index contributed by atoms with van der Waals surface area (Å²) in [5.74, 6) is -3.96. The van der Waals surface area contributed by atoms with Gasteiger partial charge in [-0.25, -0.2) is 13.4 Å². The van der Waals surface area contributed by atoms with Crippen molar-refractivity contribution < 1.29 is 36.2 Å². The van der Waals surface area contributed by atoms with Crippen LogP contribution in [0.2, 0.25) is 0 Å². The number of rotatable bonds is 6. The van der Waals surface area contributed by atoms with Crippen LogP contribution >= 0.6 is 13.5 Å². The van der Waals surface area contributed by atoms with Crippen molar-refractivity contribution in [3.8, 4) is 5.88 Å². The third kappa shape index (κ3) is 5.41. The van der Waals surface area contributed by atoms with Crippen LogP contribution in [0.15, 0.2) is 53.7 Å². The van der Waals surface area contributed by atoms with Gasteiger partial charge in [0.25, 0.3) is 0 Å². The molecule has 0 bridgehead atoms. The molecule has 2 aliphatic rings. The molecule has 234 valence electrons. The van der Waals surface area contributed by atoms with E-state index in [1.807, 2.05) is 6.92 Å². The summed E-state index contributed by atoms with van der Waals surface area (Å²) >= 11 is 0. The van der Waals surface area contributed by atoms with E-state index in [4.69, 9.17) is 4.74 Å². The van der Waals surface area contributed by atoms with Crippen LogP contribution < -0.4 is 4.74 Å². The molecule has 0 unspecified atom stereocenters. The zero-order chi connectivity index (χ0) is 30.9. The summed E-state index contributed by atoms with van der Waals surface area (Å²) in [6.45, 7) is 5.09. The molecule has 0 radical (unpaired) electrons. The first-order valence-electron chi connectivity index (χ1n) is 13.6. The smallest absolute Gasteiger partial charge is 0.452 e. The number of alkyl halides is 3. The van der Waals surface area contributed by atoms with Gasteiger partial charge in [-0.1, -0.05) is 25.1 Å². The van der Waals surface area contributed by atoms with Crippen LogP contribution in [0, 0.1) is 19.8 Å². The average molecular weight is 650 g/mol. The maximum Gasteiger partial charge on any atom is 0.452 e. The summed E-state index contributed by atoms with van der Waals surface area (Å²) in [6, 6.07) is 9.80. The van der Waals surface area contributed by atoms with Crippen LogP contribution in [0.25, 0.3) is 5.65 Å². The van der Waals surface area contributed by atoms with E-state index in [0.717, 1.165) is 9.96 Å². The predicted octanol–water partition coefficient (Wildman–Crippen LogP) is 4.84. The van der Waals surface area contributed by atoms with E-state index >= 15 is 0 Å². The van der Waals surface area contributed by atoms with Crippen LogP contribution in [-0.4, -0.2) is 55.5 Å². The molecule has 4 heterocycles. The summed E-state index contributed by atoms with van der Waals surface area (Å²) in [5.41, 5.74) is 2.18. The fourth-order valence-corrected chi connectivity index (χ4v) is 7.28. The number of aryl methyl sites for hydroxylation is 2. The van der Waals surface area contributed by atoms with Crippen LogP contribution in [0.3, 0.4) is 0 Å². The molecule has 1 aromatic carbocycles. The summed E-state index contributed by atoms with van der Waals surface area (Å²) in [6.07, 6.45) is -0.664. The molecule has 1 fully saturated rings. The second kappa shape index (κ2) is 11.0. The molecule has 2 atom stereocenters. The minimum Gasteiger partial charge on any atom is -0.481 e. The van der Waals surface area contributed by atoms with Crippen LogP contribution in [0.5, 0.6) is 5.88 Å². The van der Waals surface area contributed by atoms with E-state index in [-0.39, 0.29) is 43.0 Å². The number of aromatic nitrogens is 4. The van der Waals surface area contributed by atoms with Gasteiger partial charge >= 0.3 is 12.1 Å². The van der Waals surface area contributed by atoms with Crippen molar-refractivity contribution >= 4 is 35.1 Å². The molecule has 0 amide bonds. The molecule has 44 heavy (non-hydrogen) atoms. The zero-order valence-corrected chi connectivity index (χ0v) is 25.8. The monoisotopic (exact) mass is 649 g/mol. The standard InChI is InChI=1S/C29H28F3N5O5S.H2S/c1-16-6-7-19(13-20(16)14-36-15-28(9-10-28)42-25-22(43(36,40)41)5-4-11-33-25)23(18(3)26(38)39)21-8-12-37-24(17(21)2)34-35-27(37)29(30,31)32;/h4-8,11-13,18,23H,9-10,14-15H2,1-3H3,(H,38,39);1H2/t18-,23+;/m0./s1. The third-order valence-corrected chi connectivity index (χ3v) is 10.2. The lowest BCUT2D eigenvalue weighted by Crippen LogP contribution is -2.38. The maximum absolute atomic E-state index is 13.8. The zero-order valence-electron chi connectivity index (χ0n) is 24.0. The second-order valence-electron chi connectivity index (χ2n) is 11.3. The van der Waals surface area contributed by atoms with Gasteiger partial charge in [-0.05, 0) is 72.7 Å². The fraction of sp³-hybridized carbons (Fsp3) is 0.379. The molecule has 10 nitrogen and oxygen atoms in total. The molecule has 4 aromatic rings. The summed E-state index contributed by atoms with van der Waals surface area (Å²) in [5, 5.41) is 17.1. The van der Waals surface area contributed by atoms with Gasteiger partial charge in [0.1, 0.15) is 10.5 Å². The molecule has 1 saturated carbocycles. The molecule has 6 rings (SSSR count). The van der Waals surface area contributed by atoms with Gasteiger partial charge < -0.3 is 9.84 Å². The Balaban J connectivity index is 0.00000384. The highest BCUT2D eigenvalue weighted by Gasteiger charge is 2.52. The van der Waals surface area contributed by atoms with Crippen LogP contribution in [-0.2, 0) is 27.5 Å². The quantitative estimate of drug-likeness (QED) is 0.315. The molecule has 15 heteroatoms. The number of carboxylic acids is 1. The first kappa shape index (κ1) is 31.7. The minimum atomic E-state index is -4.72. The number of aliphatic carboxylic acids is 1. The Morgan fingerprint density at radius 1 is 1.16 bits per heavy atom. The normalized spacial score (nSPS) is 18.5. The first-order chi connectivity index (χ1) is 20.2. The SMILES string of the molecule is Cc1ccc([C@H](c2ccn3c(C(F)(F)F)nnc3c2C)[C@H](C)C(=O)O)cc1CN1CC2(CC2)Oc2ncccc2S1(=O)=O.S. The van der Waals surface area contributed by atoms with E-state index in [1.54, 1.807) is 31.2 Å². The Morgan fingerprint density at radius 2 is 1.89 bits per heavy atom. The van der Waals surface area contributed by atoms with Gasteiger partial charge in [0, 0.05) is 24.9 Å². The number of hydrogen-bond donors (Lipinski definition) is 1. The van der Waals surface area contributed by atoms with E-state index in [2.05, 4.69) is 15.2 Å². The van der Waals surface area contributed by atoms with E-state index < -0.39 is 45.4 Å². The number of nitrogens with zero attached hydrogens (tertiary/aromatic N) is 5. The number of pyridine rings is 2. The summed E-state index contributed by atoms with van der Waals surface area (Å²) < 4.78 is 76.2. The van der Waals surface area contributed by atoms with Crippen molar-refractivity contribution in [3.63, 3.8) is 0 Å². The number of carbonyl (C=O) groups is 1. The minimum absolute atomic E-state index is 0. The van der Waals surface area contributed by atoms with Crippen molar-refractivity contribution in [1.82, 2.24) is 23.9 Å². The molecule has 1 aliphatic heterocycles. The highest BCUT2D eigenvalue weighted by atomic mass is 32.2. The van der Waals surface area contributed by atoms with E-state index in [1.165, 1.54) is 35.8 Å². The molecule has 1 aliphatic carbocycles. The molecule has 3 aromatic heterocycles. The van der Waals surface area contributed by atoms with Gasteiger partial charge in [-0.2, -0.15) is 31.0 Å². The van der Waals surface area contributed by atoms with Gasteiger partial charge in [-0.15, -0.1) is 10.2 Å². The fourth-order valence-electron chi connectivity index (χ4n) is 5.73. The number of carboxylic acid groups (broad SMARTS) is 1. The number of sulfonamides is 1. The Hall–Kier alpha value is -3.69. The highest BCUT2D eigenvalue weighted by Crippen LogP contribution is 2.46. The van der Waals surface area contributed by atoms with Crippen molar-refractivity contribution in [2.75, 3.05) is 6.54 Å². The Labute approximate surface area is 258 Å². The predicted molar refractivity (Wildman–Crippen MR) is 157 cm³/mol. The van der Waals surface area contributed by atoms with Crippen LogP contribution in [0.4, 0.5) is 13.2 Å². The second-order valence-corrected chi connectivity index (χ2v) is 13.2. The molecular formula is C29H30F3N5O5S2. The van der Waals surface area contributed by atoms with Gasteiger partial charge in [0.05, 0.1) is 12.5 Å². The first-order valence-corrected chi connectivity index (χ1v) is 15.0. The van der Waals surface area contributed by atoms with E-state index in [9.17, 15) is 31.5 Å². The summed E-state index contributed by atoms with van der Waals surface area (Å²) in [4.78, 5) is 16.4. The van der Waals surface area contributed by atoms with Gasteiger partial charge in [0.2, 0.25) is 21.7 Å². The van der Waals surface area contributed by atoms with Crippen molar-refractivity contribution in [2.24, 2.45) is 5.92 Å². The lowest BCUT2D eigenvalue weighted by molar-refractivity contribution is -0.145. The van der Waals surface area contributed by atoms with Crippen molar-refractivity contribution in [3.05, 3.63) is 82.4 Å². The Kier molecular flexibility index (Phi) is 7.96. The number of ether oxygens (including phenoxy) is 1. The van der Waals surface area contributed by atoms with Crippen molar-refractivity contribution in [2.45, 2.75) is 62.7 Å². The highest BCUT2D eigenvalue weighted by molar-refractivity contribution is 7.89. The van der Waals surface area contributed by atoms with Gasteiger partial charge in [-0.3, -0.25) is 9.20 Å². The summed E-state index contributed by atoms with van der Waals surface area (Å²) in [7, 11) is -3.98.